The summed E-state index contributed by atoms with van der Waals surface area (Å²) in [4.78, 5) is 10.9. The highest BCUT2D eigenvalue weighted by Crippen LogP contribution is 1.94. The molecule has 1 atom stereocenters. The Hall–Kier alpha value is -0.670. The van der Waals surface area contributed by atoms with E-state index in [4.69, 9.17) is 0 Å². The van der Waals surface area contributed by atoms with Gasteiger partial charge in [-0.25, -0.2) is 21.6 Å². The maximum atomic E-state index is 11.3. The van der Waals surface area contributed by atoms with E-state index in [0.717, 1.165) is 13.4 Å². The molecule has 0 aliphatic rings. The van der Waals surface area contributed by atoms with Gasteiger partial charge in [0, 0.05) is 6.26 Å². The summed E-state index contributed by atoms with van der Waals surface area (Å²) in [6.45, 7) is 1.31. The van der Waals surface area contributed by atoms with Crippen molar-refractivity contribution in [2.75, 3.05) is 24.9 Å². The van der Waals surface area contributed by atoms with Crippen molar-refractivity contribution in [2.45, 2.75) is 13.0 Å². The Morgan fingerprint density at radius 2 is 1.75 bits per heavy atom. The lowest BCUT2D eigenvalue weighted by atomic mass is 10.4. The molecule has 0 aromatic rings. The first kappa shape index (κ1) is 15.3. The largest absolute Gasteiger partial charge is 0.468 e. The van der Waals surface area contributed by atoms with Crippen LogP contribution in [0.1, 0.15) is 6.92 Å². The summed E-state index contributed by atoms with van der Waals surface area (Å²) in [6.07, 6.45) is 0.937. The van der Waals surface area contributed by atoms with E-state index in [9.17, 15) is 21.6 Å². The van der Waals surface area contributed by atoms with Crippen molar-refractivity contribution in [1.82, 2.24) is 4.72 Å². The maximum absolute atomic E-state index is 11.3. The Morgan fingerprint density at radius 3 is 2.12 bits per heavy atom. The second-order valence-electron chi connectivity index (χ2n) is 3.31. The number of methoxy groups -OCH3 is 1. The Balaban J connectivity index is 4.43. The predicted octanol–water partition coefficient (Wildman–Crippen LogP) is -1.49. The third-order valence-electron chi connectivity index (χ3n) is 1.63. The zero-order chi connectivity index (χ0) is 13.0. The summed E-state index contributed by atoms with van der Waals surface area (Å²) >= 11 is 0. The van der Waals surface area contributed by atoms with Crippen LogP contribution in [-0.2, 0) is 29.4 Å². The van der Waals surface area contributed by atoms with Gasteiger partial charge < -0.3 is 4.74 Å². The van der Waals surface area contributed by atoms with Crippen LogP contribution < -0.4 is 4.72 Å². The van der Waals surface area contributed by atoms with Crippen LogP contribution in [-0.4, -0.2) is 53.7 Å². The molecule has 0 spiro atoms. The molecule has 0 amide bonds. The van der Waals surface area contributed by atoms with Crippen molar-refractivity contribution in [3.05, 3.63) is 0 Å². The minimum atomic E-state index is -3.80. The first-order chi connectivity index (χ1) is 7.07. The van der Waals surface area contributed by atoms with E-state index in [0.29, 0.717) is 0 Å². The highest BCUT2D eigenvalue weighted by atomic mass is 32.2. The molecule has 0 heterocycles. The number of sulfone groups is 1. The number of esters is 1. The first-order valence-corrected chi connectivity index (χ1v) is 8.04. The van der Waals surface area contributed by atoms with Gasteiger partial charge in [-0.1, -0.05) is 0 Å². The number of hydrogen-bond acceptors (Lipinski definition) is 6. The van der Waals surface area contributed by atoms with Gasteiger partial charge in [-0.15, -0.1) is 0 Å². The van der Waals surface area contributed by atoms with Crippen molar-refractivity contribution >= 4 is 25.8 Å². The fourth-order valence-corrected chi connectivity index (χ4v) is 3.66. The van der Waals surface area contributed by atoms with Crippen molar-refractivity contribution in [2.24, 2.45) is 0 Å². The smallest absolute Gasteiger partial charge is 0.323 e. The molecule has 0 rings (SSSR count). The van der Waals surface area contributed by atoms with Crippen LogP contribution in [0, 0.1) is 0 Å². The standard InChI is InChI=1S/C7H15NO6S2/c1-6(7(9)14-2)8-16(12,13)5-4-15(3,10)11/h6,8H,4-5H2,1-3H3. The molecule has 96 valence electrons. The van der Waals surface area contributed by atoms with Crippen LogP contribution in [0.4, 0.5) is 0 Å². The summed E-state index contributed by atoms with van der Waals surface area (Å²) in [5, 5.41) is 0. The molecule has 1 unspecified atom stereocenters. The molecule has 1 N–H and O–H groups in total. The minimum absolute atomic E-state index is 0.490. The zero-order valence-electron chi connectivity index (χ0n) is 9.26. The third kappa shape index (κ3) is 6.75. The van der Waals surface area contributed by atoms with E-state index in [1.54, 1.807) is 0 Å². The van der Waals surface area contributed by atoms with Gasteiger partial charge in [0.1, 0.15) is 15.9 Å². The van der Waals surface area contributed by atoms with Gasteiger partial charge in [-0.05, 0) is 6.92 Å². The summed E-state index contributed by atoms with van der Waals surface area (Å²) in [6, 6.07) is -1.03. The van der Waals surface area contributed by atoms with E-state index >= 15 is 0 Å². The molecule has 0 saturated heterocycles. The molecule has 0 aromatic carbocycles. The molecular weight excluding hydrogens is 258 g/mol. The number of rotatable bonds is 6. The van der Waals surface area contributed by atoms with Crippen LogP contribution in [0.15, 0.2) is 0 Å². The lowest BCUT2D eigenvalue weighted by Crippen LogP contribution is -2.41. The number of nitrogens with one attached hydrogen (secondary N) is 1. The Kier molecular flexibility index (Phi) is 5.36. The van der Waals surface area contributed by atoms with Crippen LogP contribution in [0.25, 0.3) is 0 Å². The number of hydrogen-bond donors (Lipinski definition) is 1. The molecular formula is C7H15NO6S2. The second kappa shape index (κ2) is 5.60. The minimum Gasteiger partial charge on any atom is -0.468 e. The van der Waals surface area contributed by atoms with Crippen LogP contribution in [0.5, 0.6) is 0 Å². The molecule has 0 radical (unpaired) electrons. The lowest BCUT2D eigenvalue weighted by Gasteiger charge is -2.11. The third-order valence-corrected chi connectivity index (χ3v) is 4.29. The van der Waals surface area contributed by atoms with Gasteiger partial charge in [0.05, 0.1) is 18.6 Å². The lowest BCUT2D eigenvalue weighted by molar-refractivity contribution is -0.142. The summed E-state index contributed by atoms with van der Waals surface area (Å²) < 4.78 is 50.5. The summed E-state index contributed by atoms with van der Waals surface area (Å²) in [5.74, 6) is -1.80. The number of carbonyl (C=O) groups excluding carboxylic acids is 1. The Labute approximate surface area is 95.1 Å². The molecule has 0 fully saturated rings. The summed E-state index contributed by atoms with van der Waals surface area (Å²) in [7, 11) is -6.02. The monoisotopic (exact) mass is 273 g/mol. The van der Waals surface area contributed by atoms with Crippen molar-refractivity contribution in [3.8, 4) is 0 Å². The quantitative estimate of drug-likeness (QED) is 0.591. The van der Waals surface area contributed by atoms with Gasteiger partial charge in [-0.2, -0.15) is 0 Å². The molecule has 9 heteroatoms. The highest BCUT2D eigenvalue weighted by Gasteiger charge is 2.21. The van der Waals surface area contributed by atoms with Gasteiger partial charge in [0.15, 0.2) is 0 Å². The summed E-state index contributed by atoms with van der Waals surface area (Å²) in [5.41, 5.74) is 0. The topological polar surface area (TPSA) is 107 Å². The van der Waals surface area contributed by atoms with E-state index in [2.05, 4.69) is 4.74 Å². The van der Waals surface area contributed by atoms with Crippen LogP contribution in [0.2, 0.25) is 0 Å². The normalized spacial score (nSPS) is 14.4. The fourth-order valence-electron chi connectivity index (χ4n) is 0.814. The van der Waals surface area contributed by atoms with Gasteiger partial charge in [-0.3, -0.25) is 4.79 Å². The number of sulfonamides is 1. The van der Waals surface area contributed by atoms with E-state index < -0.39 is 43.4 Å². The number of carbonyl (C=O) groups is 1. The van der Waals surface area contributed by atoms with Gasteiger partial charge in [0.25, 0.3) is 0 Å². The van der Waals surface area contributed by atoms with Gasteiger partial charge >= 0.3 is 5.97 Å². The van der Waals surface area contributed by atoms with Gasteiger partial charge in [0.2, 0.25) is 10.0 Å². The second-order valence-corrected chi connectivity index (χ2v) is 7.44. The SMILES string of the molecule is COC(=O)C(C)NS(=O)(=O)CCS(C)(=O)=O. The molecule has 7 nitrogen and oxygen atoms in total. The molecule has 0 saturated carbocycles. The Morgan fingerprint density at radius 1 is 1.25 bits per heavy atom. The van der Waals surface area contributed by atoms with Crippen molar-refractivity contribution in [1.29, 1.82) is 0 Å². The van der Waals surface area contributed by atoms with E-state index in [1.807, 2.05) is 4.72 Å². The molecule has 16 heavy (non-hydrogen) atoms. The van der Waals surface area contributed by atoms with E-state index in [1.165, 1.54) is 6.92 Å². The Bertz CT molecular complexity index is 437. The zero-order valence-corrected chi connectivity index (χ0v) is 10.9. The highest BCUT2D eigenvalue weighted by molar-refractivity contribution is 7.93. The fraction of sp³-hybridized carbons (Fsp3) is 0.857. The molecule has 0 aliphatic heterocycles. The van der Waals surface area contributed by atoms with Crippen molar-refractivity contribution in [3.63, 3.8) is 0 Å². The molecule has 0 aromatic heterocycles. The average molecular weight is 273 g/mol. The number of ether oxygens (including phenoxy) is 1. The average Bonchev–Trinajstić information content (AvgIpc) is 2.12. The maximum Gasteiger partial charge on any atom is 0.323 e. The van der Waals surface area contributed by atoms with Crippen molar-refractivity contribution < 1.29 is 26.4 Å². The van der Waals surface area contributed by atoms with E-state index in [-0.39, 0.29) is 0 Å². The molecule has 0 bridgehead atoms. The van der Waals surface area contributed by atoms with Crippen LogP contribution in [0.3, 0.4) is 0 Å². The van der Waals surface area contributed by atoms with Crippen LogP contribution >= 0.6 is 0 Å². The predicted molar refractivity (Wildman–Crippen MR) is 58.1 cm³/mol. The first-order valence-electron chi connectivity index (χ1n) is 4.33. The molecule has 0 aliphatic carbocycles.